The fourth-order valence-corrected chi connectivity index (χ4v) is 3.61. The van der Waals surface area contributed by atoms with Crippen LogP contribution in [0.25, 0.3) is 0 Å². The largest absolute Gasteiger partial charge is 0.481 e. The highest BCUT2D eigenvalue weighted by atomic mass is 19.3. The van der Waals surface area contributed by atoms with E-state index in [0.29, 0.717) is 12.8 Å². The van der Waals surface area contributed by atoms with E-state index in [1.54, 1.807) is 0 Å². The highest BCUT2D eigenvalue weighted by molar-refractivity contribution is 5.86. The Kier molecular flexibility index (Phi) is 9.86. The molecule has 0 unspecified atom stereocenters. The molecule has 1 aromatic carbocycles. The van der Waals surface area contributed by atoms with Gasteiger partial charge in [0, 0.05) is 19.3 Å². The Morgan fingerprint density at radius 1 is 1.28 bits per heavy atom. The number of carboxylic acid groups (broad SMARTS) is 1. The average molecular weight is 448 g/mol. The van der Waals surface area contributed by atoms with Crippen LogP contribution in [0.2, 0.25) is 0 Å². The van der Waals surface area contributed by atoms with Crippen molar-refractivity contribution in [1.29, 1.82) is 0 Å². The molecule has 1 amide bonds. The van der Waals surface area contributed by atoms with Crippen molar-refractivity contribution >= 4 is 11.9 Å². The first-order chi connectivity index (χ1) is 15.2. The third-order valence-electron chi connectivity index (χ3n) is 5.59. The number of carboxylic acids is 1. The summed E-state index contributed by atoms with van der Waals surface area (Å²) in [4.78, 5) is 23.5. The number of amides is 1. The van der Waals surface area contributed by atoms with E-state index in [0.717, 1.165) is 24.2 Å². The van der Waals surface area contributed by atoms with Crippen LogP contribution in [-0.4, -0.2) is 51.6 Å². The molecular weight excluding hydrogens is 416 g/mol. The molecule has 1 aliphatic rings. The first kappa shape index (κ1) is 25.5. The number of aliphatic hydroxyl groups excluding tert-OH is 1. The lowest BCUT2D eigenvalue weighted by Crippen LogP contribution is -2.36. The third kappa shape index (κ3) is 8.08. The zero-order valence-electron chi connectivity index (χ0n) is 18.3. The second kappa shape index (κ2) is 12.4. The first-order valence-corrected chi connectivity index (χ1v) is 11.0. The zero-order chi connectivity index (χ0) is 23.6. The number of aryl methyl sites for hydroxylation is 1. The van der Waals surface area contributed by atoms with Crippen molar-refractivity contribution in [2.45, 2.75) is 69.9 Å². The number of halogens is 2. The van der Waals surface area contributed by atoms with Crippen LogP contribution < -0.4 is 0 Å². The molecule has 1 fully saturated rings. The first-order valence-electron chi connectivity index (χ1n) is 11.0. The van der Waals surface area contributed by atoms with E-state index in [1.165, 1.54) is 17.7 Å². The van der Waals surface area contributed by atoms with Crippen molar-refractivity contribution in [3.05, 3.63) is 48.0 Å². The Morgan fingerprint density at radius 3 is 2.69 bits per heavy atom. The van der Waals surface area contributed by atoms with E-state index in [9.17, 15) is 23.5 Å². The molecular formula is C25H31F2NO4. The summed E-state index contributed by atoms with van der Waals surface area (Å²) in [6.07, 6.45) is 4.81. The number of nitrogens with zero attached hydrogens (tertiary/aromatic N) is 1. The number of aliphatic carboxylic acids is 1. The molecule has 0 saturated carbocycles. The summed E-state index contributed by atoms with van der Waals surface area (Å²) >= 11 is 0. The van der Waals surface area contributed by atoms with Gasteiger partial charge in [0.2, 0.25) is 0 Å². The van der Waals surface area contributed by atoms with Crippen LogP contribution >= 0.6 is 0 Å². The standard InChI is InChI=1S/C25H31F2NO4/c1-19(10-9-13-20-11-5-4-6-12-20)22(29)16-15-21-18-25(26,27)24(32)28(21)17-8-3-2-7-14-23(30)31/h4-6,11-12,15-16,19,21-22,29H,2,7,9-10,13-14,17-18H2,1H3,(H,30,31)/t19-,21-,22+/m0/s1. The number of carbonyl (C=O) groups is 2. The topological polar surface area (TPSA) is 77.8 Å². The summed E-state index contributed by atoms with van der Waals surface area (Å²) in [6, 6.07) is 9.22. The molecule has 0 aromatic heterocycles. The molecule has 0 spiro atoms. The van der Waals surface area contributed by atoms with Gasteiger partial charge in [-0.2, -0.15) is 8.78 Å². The van der Waals surface area contributed by atoms with Crippen molar-refractivity contribution in [3.8, 4) is 11.8 Å². The molecule has 2 rings (SSSR count). The molecule has 1 aromatic rings. The van der Waals surface area contributed by atoms with E-state index < -0.39 is 36.4 Å². The van der Waals surface area contributed by atoms with Crippen LogP contribution in [0.3, 0.4) is 0 Å². The number of unbranched alkanes of at least 4 members (excludes halogenated alkanes) is 1. The number of hydrogen-bond donors (Lipinski definition) is 2. The third-order valence-corrected chi connectivity index (χ3v) is 5.59. The summed E-state index contributed by atoms with van der Waals surface area (Å²) in [7, 11) is 0. The molecule has 2 N–H and O–H groups in total. The Bertz CT molecular complexity index is 844. The monoisotopic (exact) mass is 447 g/mol. The van der Waals surface area contributed by atoms with Gasteiger partial charge in [0.05, 0.1) is 18.7 Å². The predicted molar refractivity (Wildman–Crippen MR) is 118 cm³/mol. The minimum Gasteiger partial charge on any atom is -0.481 e. The predicted octanol–water partition coefficient (Wildman–Crippen LogP) is 4.06. The highest BCUT2D eigenvalue weighted by Crippen LogP contribution is 2.34. The molecule has 1 heterocycles. The number of benzene rings is 1. The SMILES string of the molecule is C[C@@H](CCCc1ccccc1)[C@H](O)C=C[C@H]1CC(F)(F)C(=O)N1CC#CCCCC(=O)O. The minimum absolute atomic E-state index is 0.0117. The van der Waals surface area contributed by atoms with Crippen LogP contribution in [-0.2, 0) is 16.0 Å². The van der Waals surface area contributed by atoms with Crippen LogP contribution in [0, 0.1) is 17.8 Å². The Hall–Kier alpha value is -2.72. The van der Waals surface area contributed by atoms with Crippen LogP contribution in [0.1, 0.15) is 51.0 Å². The van der Waals surface area contributed by atoms with Crippen molar-refractivity contribution in [3.63, 3.8) is 0 Å². The van der Waals surface area contributed by atoms with Gasteiger partial charge >= 0.3 is 11.9 Å². The molecule has 174 valence electrons. The van der Waals surface area contributed by atoms with Gasteiger partial charge in [-0.05, 0) is 37.2 Å². The van der Waals surface area contributed by atoms with Gasteiger partial charge in [-0.15, -0.1) is 5.92 Å². The maximum Gasteiger partial charge on any atom is 0.327 e. The Labute approximate surface area is 188 Å². The van der Waals surface area contributed by atoms with Crippen molar-refractivity contribution < 1.29 is 28.6 Å². The Morgan fingerprint density at radius 2 is 2.00 bits per heavy atom. The fraction of sp³-hybridized carbons (Fsp3) is 0.520. The summed E-state index contributed by atoms with van der Waals surface area (Å²) in [5, 5.41) is 19.0. The molecule has 0 radical (unpaired) electrons. The zero-order valence-corrected chi connectivity index (χ0v) is 18.3. The number of alkyl halides is 2. The Balaban J connectivity index is 1.87. The summed E-state index contributed by atoms with van der Waals surface area (Å²) < 4.78 is 27.9. The van der Waals surface area contributed by atoms with Gasteiger partial charge in [0.25, 0.3) is 5.91 Å². The molecule has 3 atom stereocenters. The molecule has 0 aliphatic carbocycles. The lowest BCUT2D eigenvalue weighted by Gasteiger charge is -2.20. The highest BCUT2D eigenvalue weighted by Gasteiger charge is 2.52. The molecule has 1 aliphatic heterocycles. The maximum absolute atomic E-state index is 14.0. The van der Waals surface area contributed by atoms with Gasteiger partial charge in [-0.25, -0.2) is 0 Å². The van der Waals surface area contributed by atoms with E-state index in [-0.39, 0.29) is 18.9 Å². The molecule has 32 heavy (non-hydrogen) atoms. The number of rotatable bonds is 11. The van der Waals surface area contributed by atoms with E-state index >= 15 is 0 Å². The van der Waals surface area contributed by atoms with Gasteiger partial charge in [-0.1, -0.05) is 55.3 Å². The molecule has 7 heteroatoms. The second-order valence-electron chi connectivity index (χ2n) is 8.24. The number of aliphatic hydroxyl groups is 1. The van der Waals surface area contributed by atoms with Crippen LogP contribution in [0.5, 0.6) is 0 Å². The molecule has 1 saturated heterocycles. The second-order valence-corrected chi connectivity index (χ2v) is 8.24. The molecule has 0 bridgehead atoms. The van der Waals surface area contributed by atoms with E-state index in [2.05, 4.69) is 24.0 Å². The van der Waals surface area contributed by atoms with Gasteiger partial charge in [0.1, 0.15) is 0 Å². The summed E-state index contributed by atoms with van der Waals surface area (Å²) in [5.74, 6) is -0.266. The van der Waals surface area contributed by atoms with Gasteiger partial charge in [0.15, 0.2) is 0 Å². The lowest BCUT2D eigenvalue weighted by molar-refractivity contribution is -0.147. The van der Waals surface area contributed by atoms with E-state index in [4.69, 9.17) is 5.11 Å². The number of hydrogen-bond acceptors (Lipinski definition) is 3. The normalized spacial score (nSPS) is 19.6. The smallest absolute Gasteiger partial charge is 0.327 e. The minimum atomic E-state index is -3.45. The summed E-state index contributed by atoms with van der Waals surface area (Å²) in [6.45, 7) is 1.76. The lowest BCUT2D eigenvalue weighted by atomic mass is 9.95. The van der Waals surface area contributed by atoms with Crippen molar-refractivity contribution in [1.82, 2.24) is 4.90 Å². The van der Waals surface area contributed by atoms with Crippen molar-refractivity contribution in [2.24, 2.45) is 5.92 Å². The van der Waals surface area contributed by atoms with Gasteiger partial charge in [-0.3, -0.25) is 9.59 Å². The van der Waals surface area contributed by atoms with Crippen LogP contribution in [0.15, 0.2) is 42.5 Å². The van der Waals surface area contributed by atoms with Crippen LogP contribution in [0.4, 0.5) is 8.78 Å². The molecule has 5 nitrogen and oxygen atoms in total. The quantitative estimate of drug-likeness (QED) is 0.305. The average Bonchev–Trinajstić information content (AvgIpc) is 2.97. The fourth-order valence-electron chi connectivity index (χ4n) is 3.61. The van der Waals surface area contributed by atoms with Gasteiger partial charge < -0.3 is 15.1 Å². The number of carbonyl (C=O) groups excluding carboxylic acids is 1. The van der Waals surface area contributed by atoms with Crippen molar-refractivity contribution in [2.75, 3.05) is 6.54 Å². The number of likely N-dealkylation sites (tertiary alicyclic amines) is 1. The van der Waals surface area contributed by atoms with E-state index in [1.807, 2.05) is 25.1 Å². The maximum atomic E-state index is 14.0. The summed E-state index contributed by atoms with van der Waals surface area (Å²) in [5.41, 5.74) is 1.23.